The van der Waals surface area contributed by atoms with Crippen molar-refractivity contribution >= 4 is 22.7 Å². The molecule has 110 valence electrons. The van der Waals surface area contributed by atoms with Gasteiger partial charge in [-0.25, -0.2) is 0 Å². The lowest BCUT2D eigenvalue weighted by molar-refractivity contribution is -0.117. The van der Waals surface area contributed by atoms with Gasteiger partial charge in [-0.15, -0.1) is 0 Å². The van der Waals surface area contributed by atoms with Crippen molar-refractivity contribution in [2.75, 3.05) is 0 Å². The minimum atomic E-state index is -0.674. The Morgan fingerprint density at radius 2 is 2.00 bits per heavy atom. The lowest BCUT2D eigenvalue weighted by atomic mass is 10.2. The number of primary amides is 1. The first-order valence-electron chi connectivity index (χ1n) is 6.52. The Labute approximate surface area is 124 Å². The number of aromatic nitrogens is 3. The highest BCUT2D eigenvalue weighted by Crippen LogP contribution is 2.19. The zero-order valence-corrected chi connectivity index (χ0v) is 11.5. The molecule has 0 bridgehead atoms. The maximum Gasteiger partial charge on any atom is 0.273 e. The largest absolute Gasteiger partial charge is 0.369 e. The minimum Gasteiger partial charge on any atom is -0.369 e. The number of fused-ring (bicyclic) bond motifs is 1. The summed E-state index contributed by atoms with van der Waals surface area (Å²) in [6.45, 7) is 0. The normalized spacial score (nSPS) is 10.7. The lowest BCUT2D eigenvalue weighted by Crippen LogP contribution is -2.20. The molecule has 0 saturated carbocycles. The van der Waals surface area contributed by atoms with Crippen LogP contribution in [-0.4, -0.2) is 25.9 Å². The highest BCUT2D eigenvalue weighted by atomic mass is 16.2. The van der Waals surface area contributed by atoms with Crippen LogP contribution in [0.4, 0.5) is 0 Å². The van der Waals surface area contributed by atoms with Crippen LogP contribution in [0.25, 0.3) is 16.6 Å². The number of hydrogen-bond acceptors (Lipinski definition) is 4. The summed E-state index contributed by atoms with van der Waals surface area (Å²) in [7, 11) is 0. The van der Waals surface area contributed by atoms with Crippen LogP contribution in [-0.2, 0) is 4.79 Å². The van der Waals surface area contributed by atoms with E-state index in [9.17, 15) is 14.4 Å². The van der Waals surface area contributed by atoms with E-state index in [1.165, 1.54) is 21.5 Å². The van der Waals surface area contributed by atoms with Crippen LogP contribution in [0.15, 0.2) is 53.8 Å². The Hall–Kier alpha value is -3.22. The lowest BCUT2D eigenvalue weighted by Gasteiger charge is -2.06. The maximum absolute atomic E-state index is 11.9. The van der Waals surface area contributed by atoms with E-state index in [0.717, 1.165) is 5.39 Å². The first kappa shape index (κ1) is 13.7. The van der Waals surface area contributed by atoms with E-state index < -0.39 is 11.8 Å². The number of carbonyl (C=O) groups excluding carboxylic acids is 2. The quantitative estimate of drug-likeness (QED) is 0.719. The topological polar surface area (TPSA) is 100.0 Å². The molecule has 0 aliphatic rings. The average molecular weight is 296 g/mol. The van der Waals surface area contributed by atoms with E-state index in [1.54, 1.807) is 36.7 Å². The molecule has 7 nitrogen and oxygen atoms in total. The molecule has 0 saturated heterocycles. The molecule has 2 aromatic heterocycles. The fraction of sp³-hybridized carbons (Fsp3) is 0.0667. The minimum absolute atomic E-state index is 0.244. The monoisotopic (exact) mass is 296 g/mol. The summed E-state index contributed by atoms with van der Waals surface area (Å²) >= 11 is 0. The molecule has 0 atom stereocenters. The van der Waals surface area contributed by atoms with Crippen molar-refractivity contribution in [1.82, 2.24) is 14.1 Å². The molecule has 1 amide bonds. The molecule has 3 rings (SSSR count). The van der Waals surface area contributed by atoms with Crippen molar-refractivity contribution in [2.24, 2.45) is 5.73 Å². The zero-order chi connectivity index (χ0) is 15.7. The molecule has 0 aliphatic carbocycles. The second-order valence-electron chi connectivity index (χ2n) is 4.75. The molecule has 2 N–H and O–H groups in total. The molecule has 1 aromatic carbocycles. The van der Waals surface area contributed by atoms with Crippen molar-refractivity contribution in [2.45, 2.75) is 6.42 Å². The van der Waals surface area contributed by atoms with Gasteiger partial charge in [-0.3, -0.25) is 28.5 Å². The Bertz CT molecular complexity index is 939. The number of hydrogen-bond donors (Lipinski definition) is 1. The smallest absolute Gasteiger partial charge is 0.273 e. The van der Waals surface area contributed by atoms with Gasteiger partial charge >= 0.3 is 0 Å². The van der Waals surface area contributed by atoms with Crippen LogP contribution in [0.1, 0.15) is 11.2 Å². The number of nitrogens with two attached hydrogens (primary N) is 1. The summed E-state index contributed by atoms with van der Waals surface area (Å²) in [5.41, 5.74) is 6.12. The molecule has 0 aliphatic heterocycles. The third-order valence-electron chi connectivity index (χ3n) is 3.27. The van der Waals surface area contributed by atoms with Gasteiger partial charge in [0.25, 0.3) is 5.56 Å². The molecule has 0 spiro atoms. The van der Waals surface area contributed by atoms with Gasteiger partial charge in [0.1, 0.15) is 6.42 Å². The average Bonchev–Trinajstić information content (AvgIpc) is 2.90. The van der Waals surface area contributed by atoms with Gasteiger partial charge in [0, 0.05) is 29.7 Å². The van der Waals surface area contributed by atoms with Crippen molar-refractivity contribution in [3.8, 4) is 5.69 Å². The van der Waals surface area contributed by atoms with Crippen LogP contribution < -0.4 is 11.3 Å². The predicted molar refractivity (Wildman–Crippen MR) is 79.8 cm³/mol. The molecular formula is C15H12N4O3. The maximum atomic E-state index is 11.9. The standard InChI is InChI=1S/C15H12N4O3/c16-13(20)8-14(21)19-5-3-10-7-11(1-2-12(10)19)18-6-4-17-9-15(18)22/h1-7,9H,8H2,(H2,16,20). The van der Waals surface area contributed by atoms with E-state index in [0.29, 0.717) is 11.2 Å². The van der Waals surface area contributed by atoms with Crippen LogP contribution in [0.3, 0.4) is 0 Å². The number of amides is 1. The fourth-order valence-corrected chi connectivity index (χ4v) is 2.29. The van der Waals surface area contributed by atoms with Crippen molar-refractivity contribution < 1.29 is 9.59 Å². The third kappa shape index (κ3) is 2.39. The van der Waals surface area contributed by atoms with E-state index >= 15 is 0 Å². The van der Waals surface area contributed by atoms with Gasteiger partial charge in [-0.05, 0) is 24.3 Å². The highest BCUT2D eigenvalue weighted by molar-refractivity contribution is 6.01. The van der Waals surface area contributed by atoms with Crippen molar-refractivity contribution in [3.63, 3.8) is 0 Å². The summed E-state index contributed by atoms with van der Waals surface area (Å²) in [5.74, 6) is -1.07. The number of carbonyl (C=O) groups is 2. The molecule has 0 radical (unpaired) electrons. The van der Waals surface area contributed by atoms with Gasteiger partial charge in [0.2, 0.25) is 11.8 Å². The number of benzene rings is 1. The van der Waals surface area contributed by atoms with E-state index in [4.69, 9.17) is 5.73 Å². The molecule has 0 unspecified atom stereocenters. The van der Waals surface area contributed by atoms with Gasteiger partial charge in [0.05, 0.1) is 11.7 Å². The Balaban J connectivity index is 2.07. The second kappa shape index (κ2) is 5.28. The second-order valence-corrected chi connectivity index (χ2v) is 4.75. The first-order valence-corrected chi connectivity index (χ1v) is 6.52. The molecule has 3 aromatic rings. The molecule has 22 heavy (non-hydrogen) atoms. The van der Waals surface area contributed by atoms with Gasteiger partial charge in [-0.1, -0.05) is 0 Å². The summed E-state index contributed by atoms with van der Waals surface area (Å²) in [5, 5.41) is 0.777. The van der Waals surface area contributed by atoms with Crippen LogP contribution in [0, 0.1) is 0 Å². The summed E-state index contributed by atoms with van der Waals surface area (Å²) in [6.07, 6.45) is 5.54. The Morgan fingerprint density at radius 1 is 1.18 bits per heavy atom. The predicted octanol–water partition coefficient (Wildman–Crippen LogP) is 0.703. The molecule has 0 fully saturated rings. The van der Waals surface area contributed by atoms with Gasteiger partial charge < -0.3 is 5.73 Å². The van der Waals surface area contributed by atoms with Crippen LogP contribution in [0.5, 0.6) is 0 Å². The van der Waals surface area contributed by atoms with E-state index in [1.807, 2.05) is 0 Å². The first-order chi connectivity index (χ1) is 10.6. The summed E-state index contributed by atoms with van der Waals surface area (Å²) in [4.78, 5) is 38.3. The fourth-order valence-electron chi connectivity index (χ4n) is 2.29. The van der Waals surface area contributed by atoms with E-state index in [-0.39, 0.29) is 12.0 Å². The summed E-state index contributed by atoms with van der Waals surface area (Å²) < 4.78 is 2.83. The Morgan fingerprint density at radius 3 is 2.73 bits per heavy atom. The SMILES string of the molecule is NC(=O)CC(=O)n1ccc2cc(-n3ccncc3=O)ccc21. The van der Waals surface area contributed by atoms with Crippen LogP contribution in [0.2, 0.25) is 0 Å². The number of nitrogens with zero attached hydrogens (tertiary/aromatic N) is 3. The Kier molecular flexibility index (Phi) is 3.30. The summed E-state index contributed by atoms with van der Waals surface area (Å²) in [6, 6.07) is 6.96. The van der Waals surface area contributed by atoms with Crippen molar-refractivity contribution in [1.29, 1.82) is 0 Å². The molecule has 7 heteroatoms. The van der Waals surface area contributed by atoms with Crippen LogP contribution >= 0.6 is 0 Å². The third-order valence-corrected chi connectivity index (χ3v) is 3.27. The zero-order valence-electron chi connectivity index (χ0n) is 11.5. The highest BCUT2D eigenvalue weighted by Gasteiger charge is 2.12. The van der Waals surface area contributed by atoms with Gasteiger partial charge in [-0.2, -0.15) is 0 Å². The van der Waals surface area contributed by atoms with Crippen molar-refractivity contribution in [3.05, 3.63) is 59.4 Å². The molecular weight excluding hydrogens is 284 g/mol. The number of rotatable bonds is 3. The van der Waals surface area contributed by atoms with Gasteiger partial charge in [0.15, 0.2) is 0 Å². The molecule has 2 heterocycles. The van der Waals surface area contributed by atoms with E-state index in [2.05, 4.69) is 4.98 Å².